The Labute approximate surface area is 99.0 Å². The molecule has 0 unspecified atom stereocenters. The summed E-state index contributed by atoms with van der Waals surface area (Å²) in [6.07, 6.45) is 0. The zero-order chi connectivity index (χ0) is 12.4. The van der Waals surface area contributed by atoms with E-state index in [4.69, 9.17) is 4.74 Å². The van der Waals surface area contributed by atoms with Crippen LogP contribution < -0.4 is 4.74 Å². The van der Waals surface area contributed by atoms with E-state index in [1.807, 2.05) is 18.2 Å². The molecule has 0 aliphatic carbocycles. The minimum Gasteiger partial charge on any atom is -0.507 e. The number of benzene rings is 2. The van der Waals surface area contributed by atoms with Crippen LogP contribution in [0.15, 0.2) is 48.6 Å². The van der Waals surface area contributed by atoms with Crippen LogP contribution in [0.4, 0.5) is 0 Å². The quantitative estimate of drug-likeness (QED) is 0.488. The molecule has 2 rings (SSSR count). The summed E-state index contributed by atoms with van der Waals surface area (Å²) in [7, 11) is 0. The standard InChI is InChI=1S/C14H12O3/c1-9(2)14(16)17-11-7-10-5-3-4-6-12(10)13(15)8-11/h3-8,15H,1H2,2H3. The molecule has 0 saturated carbocycles. The van der Waals surface area contributed by atoms with Gasteiger partial charge < -0.3 is 9.84 Å². The number of fused-ring (bicyclic) bond motifs is 1. The fourth-order valence-electron chi connectivity index (χ4n) is 1.52. The fraction of sp³-hybridized carbons (Fsp3) is 0.0714. The maximum atomic E-state index is 11.4. The van der Waals surface area contributed by atoms with Gasteiger partial charge in [-0.05, 0) is 18.4 Å². The Morgan fingerprint density at radius 3 is 2.71 bits per heavy atom. The van der Waals surface area contributed by atoms with Crippen LogP contribution in [0.5, 0.6) is 11.5 Å². The molecular weight excluding hydrogens is 216 g/mol. The van der Waals surface area contributed by atoms with Gasteiger partial charge in [0, 0.05) is 17.0 Å². The van der Waals surface area contributed by atoms with Gasteiger partial charge in [-0.3, -0.25) is 0 Å². The van der Waals surface area contributed by atoms with Crippen molar-refractivity contribution in [2.24, 2.45) is 0 Å². The van der Waals surface area contributed by atoms with Crippen molar-refractivity contribution in [1.29, 1.82) is 0 Å². The van der Waals surface area contributed by atoms with Gasteiger partial charge in [-0.15, -0.1) is 0 Å². The normalized spacial score (nSPS) is 10.2. The molecule has 0 aromatic heterocycles. The Balaban J connectivity index is 2.43. The van der Waals surface area contributed by atoms with E-state index in [1.54, 1.807) is 19.1 Å². The van der Waals surface area contributed by atoms with Gasteiger partial charge in [-0.1, -0.05) is 30.8 Å². The molecule has 2 aromatic carbocycles. The highest BCUT2D eigenvalue weighted by atomic mass is 16.5. The zero-order valence-corrected chi connectivity index (χ0v) is 9.43. The molecule has 0 aliphatic heterocycles. The number of esters is 1. The van der Waals surface area contributed by atoms with Gasteiger partial charge in [0.1, 0.15) is 11.5 Å². The van der Waals surface area contributed by atoms with Crippen molar-refractivity contribution in [1.82, 2.24) is 0 Å². The lowest BCUT2D eigenvalue weighted by Crippen LogP contribution is -2.07. The van der Waals surface area contributed by atoms with Gasteiger partial charge in [0.15, 0.2) is 0 Å². The number of carbonyl (C=O) groups excluding carboxylic acids is 1. The minimum absolute atomic E-state index is 0.0904. The molecule has 0 saturated heterocycles. The topological polar surface area (TPSA) is 46.5 Å². The first-order valence-corrected chi connectivity index (χ1v) is 5.17. The summed E-state index contributed by atoms with van der Waals surface area (Å²) >= 11 is 0. The number of phenols is 1. The van der Waals surface area contributed by atoms with Gasteiger partial charge >= 0.3 is 5.97 Å². The highest BCUT2D eigenvalue weighted by molar-refractivity contribution is 5.92. The van der Waals surface area contributed by atoms with Crippen molar-refractivity contribution < 1.29 is 14.6 Å². The van der Waals surface area contributed by atoms with E-state index >= 15 is 0 Å². The zero-order valence-electron chi connectivity index (χ0n) is 9.43. The van der Waals surface area contributed by atoms with Crippen molar-refractivity contribution in [3.63, 3.8) is 0 Å². The van der Waals surface area contributed by atoms with E-state index in [9.17, 15) is 9.90 Å². The van der Waals surface area contributed by atoms with Crippen molar-refractivity contribution in [3.05, 3.63) is 48.6 Å². The predicted octanol–water partition coefficient (Wildman–Crippen LogP) is 3.03. The second-order valence-electron chi connectivity index (χ2n) is 3.83. The monoisotopic (exact) mass is 228 g/mol. The second kappa shape index (κ2) is 4.29. The number of rotatable bonds is 2. The first-order valence-electron chi connectivity index (χ1n) is 5.17. The van der Waals surface area contributed by atoms with Crippen molar-refractivity contribution in [3.8, 4) is 11.5 Å². The number of ether oxygens (including phenoxy) is 1. The van der Waals surface area contributed by atoms with E-state index < -0.39 is 5.97 Å². The molecule has 86 valence electrons. The van der Waals surface area contributed by atoms with Crippen molar-refractivity contribution in [2.45, 2.75) is 6.92 Å². The summed E-state index contributed by atoms with van der Waals surface area (Å²) in [4.78, 5) is 11.4. The van der Waals surface area contributed by atoms with Gasteiger partial charge in [-0.2, -0.15) is 0 Å². The molecule has 0 bridgehead atoms. The molecule has 3 nitrogen and oxygen atoms in total. The average Bonchev–Trinajstić information content (AvgIpc) is 2.29. The number of carbonyl (C=O) groups is 1. The smallest absolute Gasteiger partial charge is 0.338 e. The van der Waals surface area contributed by atoms with E-state index in [2.05, 4.69) is 6.58 Å². The highest BCUT2D eigenvalue weighted by Gasteiger charge is 2.08. The lowest BCUT2D eigenvalue weighted by Gasteiger charge is -2.07. The van der Waals surface area contributed by atoms with Crippen LogP contribution in [-0.4, -0.2) is 11.1 Å². The first-order chi connectivity index (χ1) is 8.08. The molecule has 0 spiro atoms. The lowest BCUT2D eigenvalue weighted by atomic mass is 10.1. The molecule has 3 heteroatoms. The largest absolute Gasteiger partial charge is 0.507 e. The Hall–Kier alpha value is -2.29. The van der Waals surface area contributed by atoms with Crippen molar-refractivity contribution in [2.75, 3.05) is 0 Å². The Kier molecular flexibility index (Phi) is 2.83. The molecule has 0 radical (unpaired) electrons. The van der Waals surface area contributed by atoms with E-state index in [0.717, 1.165) is 10.8 Å². The van der Waals surface area contributed by atoms with Gasteiger partial charge in [0.05, 0.1) is 0 Å². The molecule has 17 heavy (non-hydrogen) atoms. The van der Waals surface area contributed by atoms with Gasteiger partial charge in [0.25, 0.3) is 0 Å². The summed E-state index contributed by atoms with van der Waals surface area (Å²) in [5.74, 6) is -0.0958. The van der Waals surface area contributed by atoms with Crippen LogP contribution in [0.3, 0.4) is 0 Å². The summed E-state index contributed by atoms with van der Waals surface area (Å²) in [6, 6.07) is 10.5. The number of phenolic OH excluding ortho intramolecular Hbond substituents is 1. The van der Waals surface area contributed by atoms with Crippen LogP contribution in [0.2, 0.25) is 0 Å². The minimum atomic E-state index is -0.500. The molecule has 0 amide bonds. The van der Waals surface area contributed by atoms with Crippen LogP contribution >= 0.6 is 0 Å². The van der Waals surface area contributed by atoms with Crippen LogP contribution in [0.1, 0.15) is 6.92 Å². The van der Waals surface area contributed by atoms with E-state index in [0.29, 0.717) is 11.3 Å². The third kappa shape index (κ3) is 2.28. The molecular formula is C14H12O3. The third-order valence-electron chi connectivity index (χ3n) is 2.37. The first kappa shape index (κ1) is 11.2. The predicted molar refractivity (Wildman–Crippen MR) is 66.1 cm³/mol. The van der Waals surface area contributed by atoms with E-state index in [-0.39, 0.29) is 5.75 Å². The maximum Gasteiger partial charge on any atom is 0.338 e. The summed E-state index contributed by atoms with van der Waals surface area (Å²) < 4.78 is 5.07. The van der Waals surface area contributed by atoms with Crippen molar-refractivity contribution >= 4 is 16.7 Å². The van der Waals surface area contributed by atoms with Crippen LogP contribution in [0, 0.1) is 0 Å². The number of aromatic hydroxyl groups is 1. The second-order valence-corrected chi connectivity index (χ2v) is 3.83. The van der Waals surface area contributed by atoms with Gasteiger partial charge in [-0.25, -0.2) is 4.79 Å². The number of hydrogen-bond donors (Lipinski definition) is 1. The molecule has 0 aliphatic rings. The summed E-state index contributed by atoms with van der Waals surface area (Å²) in [5.41, 5.74) is 0.317. The molecule has 0 fully saturated rings. The molecule has 0 atom stereocenters. The van der Waals surface area contributed by atoms with E-state index in [1.165, 1.54) is 6.07 Å². The summed E-state index contributed by atoms with van der Waals surface area (Å²) in [5, 5.41) is 11.3. The molecule has 0 heterocycles. The maximum absolute atomic E-state index is 11.4. The molecule has 1 N–H and O–H groups in total. The van der Waals surface area contributed by atoms with Gasteiger partial charge in [0.2, 0.25) is 0 Å². The molecule has 2 aromatic rings. The average molecular weight is 228 g/mol. The van der Waals surface area contributed by atoms with Crippen LogP contribution in [-0.2, 0) is 4.79 Å². The lowest BCUT2D eigenvalue weighted by molar-refractivity contribution is -0.130. The Bertz CT molecular complexity index is 599. The Morgan fingerprint density at radius 2 is 2.00 bits per heavy atom. The number of hydrogen-bond acceptors (Lipinski definition) is 3. The van der Waals surface area contributed by atoms with Crippen LogP contribution in [0.25, 0.3) is 10.8 Å². The Morgan fingerprint density at radius 1 is 1.29 bits per heavy atom. The SMILES string of the molecule is C=C(C)C(=O)Oc1cc(O)c2ccccc2c1. The highest BCUT2D eigenvalue weighted by Crippen LogP contribution is 2.30. The fourth-order valence-corrected chi connectivity index (χ4v) is 1.52. The third-order valence-corrected chi connectivity index (χ3v) is 2.37. The summed E-state index contributed by atoms with van der Waals surface area (Å²) in [6.45, 7) is 5.07.